The highest BCUT2D eigenvalue weighted by Gasteiger charge is 2.23. The molecule has 2 rings (SSSR count). The van der Waals surface area contributed by atoms with Gasteiger partial charge in [0.2, 0.25) is 5.88 Å². The van der Waals surface area contributed by atoms with Crippen LogP contribution in [0.4, 0.5) is 0 Å². The van der Waals surface area contributed by atoms with E-state index in [2.05, 4.69) is 23.8 Å². The average Bonchev–Trinajstić information content (AvgIpc) is 2.70. The van der Waals surface area contributed by atoms with E-state index in [9.17, 15) is 0 Å². The van der Waals surface area contributed by atoms with Crippen LogP contribution in [-0.4, -0.2) is 22.1 Å². The predicted octanol–water partition coefficient (Wildman–Crippen LogP) is 2.64. The van der Waals surface area contributed by atoms with Crippen molar-refractivity contribution < 1.29 is 4.74 Å². The first-order valence-electron chi connectivity index (χ1n) is 7.43. The maximum atomic E-state index is 6.28. The average molecular weight is 263 g/mol. The number of ether oxygens (including phenoxy) is 1. The number of nitrogens with zero attached hydrogens (tertiary/aromatic N) is 2. The number of hydrogen-bond donors (Lipinski definition) is 1. The molecule has 106 valence electrons. The van der Waals surface area contributed by atoms with Gasteiger partial charge in [0.05, 0.1) is 5.69 Å². The molecule has 4 nitrogen and oxygen atoms in total. The lowest BCUT2D eigenvalue weighted by atomic mass is 9.96. The molecule has 1 aromatic rings. The lowest BCUT2D eigenvalue weighted by Crippen LogP contribution is -2.44. The van der Waals surface area contributed by atoms with Crippen molar-refractivity contribution in [1.82, 2.24) is 9.97 Å². The number of aryl methyl sites for hydroxylation is 1. The fraction of sp³-hybridized carbons (Fsp3) is 0.733. The highest BCUT2D eigenvalue weighted by atomic mass is 16.5. The Morgan fingerprint density at radius 1 is 1.16 bits per heavy atom. The summed E-state index contributed by atoms with van der Waals surface area (Å²) < 4.78 is 5.93. The molecule has 0 aromatic carbocycles. The van der Waals surface area contributed by atoms with Crippen LogP contribution < -0.4 is 10.5 Å². The van der Waals surface area contributed by atoms with E-state index in [0.29, 0.717) is 6.61 Å². The maximum absolute atomic E-state index is 6.28. The molecule has 0 amide bonds. The summed E-state index contributed by atoms with van der Waals surface area (Å²) in [4.78, 5) is 8.72. The van der Waals surface area contributed by atoms with E-state index >= 15 is 0 Å². The Morgan fingerprint density at radius 2 is 1.89 bits per heavy atom. The lowest BCUT2D eigenvalue weighted by molar-refractivity contribution is 0.198. The Labute approximate surface area is 115 Å². The minimum Gasteiger partial charge on any atom is -0.475 e. The second kappa shape index (κ2) is 6.33. The van der Waals surface area contributed by atoms with Gasteiger partial charge in [-0.15, -0.1) is 0 Å². The zero-order valence-electron chi connectivity index (χ0n) is 12.1. The molecule has 0 spiro atoms. The number of hydrogen-bond acceptors (Lipinski definition) is 4. The molecule has 4 heteroatoms. The summed E-state index contributed by atoms with van der Waals surface area (Å²) in [5, 5.41) is 0. The number of nitrogens with two attached hydrogens (primary N) is 1. The molecule has 1 heterocycles. The largest absolute Gasteiger partial charge is 0.475 e. The Balaban J connectivity index is 2.12. The molecule has 19 heavy (non-hydrogen) atoms. The summed E-state index contributed by atoms with van der Waals surface area (Å²) in [5.74, 6) is 0.753. The predicted molar refractivity (Wildman–Crippen MR) is 76.3 cm³/mol. The van der Waals surface area contributed by atoms with Crippen molar-refractivity contribution in [1.29, 1.82) is 0 Å². The third-order valence-electron chi connectivity index (χ3n) is 4.24. The van der Waals surface area contributed by atoms with Gasteiger partial charge in [-0.1, -0.05) is 20.3 Å². The Morgan fingerprint density at radius 3 is 2.63 bits per heavy atom. The second-order valence-electron chi connectivity index (χ2n) is 5.52. The van der Waals surface area contributed by atoms with Gasteiger partial charge in [0.15, 0.2) is 0 Å². The second-order valence-corrected chi connectivity index (χ2v) is 5.52. The van der Waals surface area contributed by atoms with Crippen molar-refractivity contribution >= 4 is 0 Å². The molecule has 0 saturated heterocycles. The third kappa shape index (κ3) is 3.44. The van der Waals surface area contributed by atoms with Crippen molar-refractivity contribution in [2.24, 2.45) is 5.73 Å². The Bertz CT molecular complexity index is 416. The van der Waals surface area contributed by atoms with E-state index < -0.39 is 0 Å². The minimum atomic E-state index is -0.247. The van der Waals surface area contributed by atoms with Crippen molar-refractivity contribution in [2.45, 2.75) is 64.3 Å². The van der Waals surface area contributed by atoms with Crippen molar-refractivity contribution in [2.75, 3.05) is 6.61 Å². The van der Waals surface area contributed by atoms with Crippen LogP contribution >= 0.6 is 0 Å². The maximum Gasteiger partial charge on any atom is 0.219 e. The van der Waals surface area contributed by atoms with E-state index in [0.717, 1.165) is 37.3 Å². The van der Waals surface area contributed by atoms with E-state index in [-0.39, 0.29) is 5.54 Å². The van der Waals surface area contributed by atoms with Crippen LogP contribution in [0.5, 0.6) is 5.88 Å². The summed E-state index contributed by atoms with van der Waals surface area (Å²) in [6.45, 7) is 4.74. The van der Waals surface area contributed by atoms with Crippen molar-refractivity contribution in [3.63, 3.8) is 0 Å². The molecule has 1 aromatic heterocycles. The molecule has 1 aliphatic rings. The molecule has 0 bridgehead atoms. The van der Waals surface area contributed by atoms with Gasteiger partial charge in [0, 0.05) is 11.1 Å². The zero-order chi connectivity index (χ0) is 13.7. The van der Waals surface area contributed by atoms with E-state index in [4.69, 9.17) is 10.5 Å². The van der Waals surface area contributed by atoms with Crippen LogP contribution in [0.1, 0.15) is 57.2 Å². The van der Waals surface area contributed by atoms with Crippen LogP contribution in [-0.2, 0) is 12.8 Å². The smallest absolute Gasteiger partial charge is 0.219 e. The molecule has 0 fully saturated rings. The summed E-state index contributed by atoms with van der Waals surface area (Å²) in [7, 11) is 0. The monoisotopic (exact) mass is 263 g/mol. The topological polar surface area (TPSA) is 61.0 Å². The summed E-state index contributed by atoms with van der Waals surface area (Å²) in [6, 6.07) is 0. The first-order valence-corrected chi connectivity index (χ1v) is 7.43. The van der Waals surface area contributed by atoms with Crippen LogP contribution in [0.25, 0.3) is 0 Å². The molecule has 0 saturated carbocycles. The zero-order valence-corrected chi connectivity index (χ0v) is 12.1. The normalized spacial score (nSPS) is 15.7. The number of aromatic nitrogens is 2. The summed E-state index contributed by atoms with van der Waals surface area (Å²) in [6.07, 6.45) is 9.20. The van der Waals surface area contributed by atoms with Gasteiger partial charge in [0.1, 0.15) is 12.9 Å². The number of fused-ring (bicyclic) bond motifs is 1. The van der Waals surface area contributed by atoms with Gasteiger partial charge in [-0.3, -0.25) is 0 Å². The molecular weight excluding hydrogens is 238 g/mol. The molecule has 2 N–H and O–H groups in total. The van der Waals surface area contributed by atoms with Crippen molar-refractivity contribution in [3.05, 3.63) is 17.6 Å². The molecule has 1 aliphatic carbocycles. The molecule has 0 unspecified atom stereocenters. The summed E-state index contributed by atoms with van der Waals surface area (Å²) in [5.41, 5.74) is 8.40. The van der Waals surface area contributed by atoms with Crippen LogP contribution in [0, 0.1) is 0 Å². The van der Waals surface area contributed by atoms with Crippen LogP contribution in [0.3, 0.4) is 0 Å². The Kier molecular flexibility index (Phi) is 4.75. The van der Waals surface area contributed by atoms with Gasteiger partial charge >= 0.3 is 0 Å². The van der Waals surface area contributed by atoms with Gasteiger partial charge in [-0.05, 0) is 38.5 Å². The van der Waals surface area contributed by atoms with E-state index in [1.54, 1.807) is 6.33 Å². The fourth-order valence-corrected chi connectivity index (χ4v) is 2.46. The van der Waals surface area contributed by atoms with Crippen LogP contribution in [0.2, 0.25) is 0 Å². The van der Waals surface area contributed by atoms with E-state index in [1.165, 1.54) is 24.8 Å². The lowest BCUT2D eigenvalue weighted by Gasteiger charge is -2.26. The van der Waals surface area contributed by atoms with Gasteiger partial charge < -0.3 is 10.5 Å². The first-order chi connectivity index (χ1) is 9.18. The SMILES string of the molecule is CCC(N)(CC)COc1ncnc2c1CCCCC2. The number of rotatable bonds is 5. The first kappa shape index (κ1) is 14.3. The minimum absolute atomic E-state index is 0.247. The fourth-order valence-electron chi connectivity index (χ4n) is 2.46. The van der Waals surface area contributed by atoms with Gasteiger partial charge in [0.25, 0.3) is 0 Å². The molecule has 0 atom stereocenters. The van der Waals surface area contributed by atoms with Gasteiger partial charge in [-0.2, -0.15) is 0 Å². The van der Waals surface area contributed by atoms with Crippen LogP contribution in [0.15, 0.2) is 6.33 Å². The Hall–Kier alpha value is -1.16. The molecular formula is C15H25N3O. The highest BCUT2D eigenvalue weighted by molar-refractivity contribution is 5.31. The van der Waals surface area contributed by atoms with E-state index in [1.807, 2.05) is 0 Å². The van der Waals surface area contributed by atoms with Gasteiger partial charge in [-0.25, -0.2) is 9.97 Å². The molecule has 0 aliphatic heterocycles. The standard InChI is InChI=1S/C15H25N3O/c1-3-15(16,4-2)10-19-14-12-8-6-5-7-9-13(12)17-11-18-14/h11H,3-10,16H2,1-2H3. The third-order valence-corrected chi connectivity index (χ3v) is 4.24. The summed E-state index contributed by atoms with van der Waals surface area (Å²) >= 11 is 0. The van der Waals surface area contributed by atoms with Crippen molar-refractivity contribution in [3.8, 4) is 5.88 Å². The highest BCUT2D eigenvalue weighted by Crippen LogP contribution is 2.26. The quantitative estimate of drug-likeness (QED) is 0.830. The molecule has 0 radical (unpaired) electrons.